The van der Waals surface area contributed by atoms with Crippen molar-refractivity contribution < 1.29 is 5.11 Å². The molecule has 1 aromatic heterocycles. The topological polar surface area (TPSA) is 23.5 Å². The highest BCUT2D eigenvalue weighted by molar-refractivity contribution is 7.09. The molecule has 1 atom stereocenters. The van der Waals surface area contributed by atoms with Crippen LogP contribution in [0.15, 0.2) is 17.5 Å². The fraction of sp³-hybridized carbons (Fsp3) is 0.714. The van der Waals surface area contributed by atoms with E-state index in [0.29, 0.717) is 0 Å². The third kappa shape index (κ3) is 5.66. The van der Waals surface area contributed by atoms with Crippen LogP contribution in [0.25, 0.3) is 0 Å². The van der Waals surface area contributed by atoms with Gasteiger partial charge in [0.05, 0.1) is 6.10 Å². The second kappa shape index (κ2) is 6.53. The molecule has 98 valence electrons. The first-order chi connectivity index (χ1) is 7.89. The first kappa shape index (κ1) is 14.7. The molecule has 0 radical (unpaired) electrons. The van der Waals surface area contributed by atoms with Gasteiger partial charge in [-0.2, -0.15) is 0 Å². The van der Waals surface area contributed by atoms with Crippen LogP contribution in [0.1, 0.15) is 32.1 Å². The lowest BCUT2D eigenvalue weighted by molar-refractivity contribution is 0.0480. The van der Waals surface area contributed by atoms with E-state index in [1.54, 1.807) is 0 Å². The number of likely N-dealkylation sites (N-methyl/N-ethyl adjacent to an activating group) is 1. The van der Waals surface area contributed by atoms with E-state index in [2.05, 4.69) is 50.2 Å². The second-order valence-electron chi connectivity index (χ2n) is 5.80. The van der Waals surface area contributed by atoms with Crippen molar-refractivity contribution in [2.24, 2.45) is 5.41 Å². The Morgan fingerprint density at radius 1 is 1.35 bits per heavy atom. The van der Waals surface area contributed by atoms with Crippen LogP contribution in [0.3, 0.4) is 0 Å². The van der Waals surface area contributed by atoms with Gasteiger partial charge in [0.25, 0.3) is 0 Å². The number of aliphatic hydroxyl groups excluding tert-OH is 1. The fourth-order valence-corrected chi connectivity index (χ4v) is 2.34. The van der Waals surface area contributed by atoms with Gasteiger partial charge in [0.2, 0.25) is 0 Å². The zero-order valence-corrected chi connectivity index (χ0v) is 12.3. The van der Waals surface area contributed by atoms with Gasteiger partial charge in [0.15, 0.2) is 0 Å². The number of hydrogen-bond donors (Lipinski definition) is 1. The summed E-state index contributed by atoms with van der Waals surface area (Å²) < 4.78 is 0. The molecule has 0 fully saturated rings. The average Bonchev–Trinajstić information content (AvgIpc) is 2.74. The zero-order valence-electron chi connectivity index (χ0n) is 11.4. The van der Waals surface area contributed by atoms with Crippen LogP contribution in [-0.2, 0) is 6.42 Å². The minimum atomic E-state index is -0.216. The summed E-state index contributed by atoms with van der Waals surface area (Å²) >= 11 is 1.82. The van der Waals surface area contributed by atoms with Gasteiger partial charge in [-0.15, -0.1) is 11.3 Å². The Morgan fingerprint density at radius 2 is 2.06 bits per heavy atom. The van der Waals surface area contributed by atoms with Gasteiger partial charge in [-0.3, -0.25) is 0 Å². The minimum absolute atomic E-state index is 0.00537. The standard InChI is InChI=1S/C14H25NOS/c1-14(2,3)13(16)8-10-15(4)9-7-12-6-5-11-17-12/h5-6,11,13,16H,7-10H2,1-4H3. The molecule has 1 heterocycles. The van der Waals surface area contributed by atoms with Crippen molar-refractivity contribution in [1.82, 2.24) is 4.90 Å². The van der Waals surface area contributed by atoms with Crippen LogP contribution in [0.2, 0.25) is 0 Å². The van der Waals surface area contributed by atoms with E-state index in [9.17, 15) is 5.11 Å². The van der Waals surface area contributed by atoms with Crippen molar-refractivity contribution in [1.29, 1.82) is 0 Å². The summed E-state index contributed by atoms with van der Waals surface area (Å²) in [6.45, 7) is 8.29. The molecular weight excluding hydrogens is 230 g/mol. The molecule has 0 spiro atoms. The van der Waals surface area contributed by atoms with E-state index >= 15 is 0 Å². The van der Waals surface area contributed by atoms with Gasteiger partial charge < -0.3 is 10.0 Å². The Balaban J connectivity index is 2.19. The van der Waals surface area contributed by atoms with E-state index in [1.807, 2.05) is 11.3 Å². The van der Waals surface area contributed by atoms with Gasteiger partial charge in [-0.1, -0.05) is 26.8 Å². The molecule has 0 saturated carbocycles. The Kier molecular flexibility index (Phi) is 5.63. The minimum Gasteiger partial charge on any atom is -0.393 e. The van der Waals surface area contributed by atoms with Gasteiger partial charge in [0.1, 0.15) is 0 Å². The lowest BCUT2D eigenvalue weighted by atomic mass is 9.87. The predicted octanol–water partition coefficient (Wildman–Crippen LogP) is 3.02. The van der Waals surface area contributed by atoms with Crippen molar-refractivity contribution in [3.8, 4) is 0 Å². The lowest BCUT2D eigenvalue weighted by Crippen LogP contribution is -2.31. The third-order valence-electron chi connectivity index (χ3n) is 3.10. The van der Waals surface area contributed by atoms with Gasteiger partial charge in [-0.05, 0) is 36.8 Å². The molecule has 0 aromatic carbocycles. The summed E-state index contributed by atoms with van der Waals surface area (Å²) in [6, 6.07) is 4.28. The van der Waals surface area contributed by atoms with Crippen molar-refractivity contribution in [2.45, 2.75) is 39.7 Å². The van der Waals surface area contributed by atoms with Crippen LogP contribution in [-0.4, -0.2) is 36.2 Å². The maximum atomic E-state index is 9.96. The summed E-state index contributed by atoms with van der Waals surface area (Å²) in [5.41, 5.74) is -0.00537. The van der Waals surface area contributed by atoms with Crippen molar-refractivity contribution in [2.75, 3.05) is 20.1 Å². The number of rotatable bonds is 6. The SMILES string of the molecule is CN(CCc1cccs1)CCC(O)C(C)(C)C. The summed E-state index contributed by atoms with van der Waals surface area (Å²) in [4.78, 5) is 3.74. The lowest BCUT2D eigenvalue weighted by Gasteiger charge is -2.27. The maximum absolute atomic E-state index is 9.96. The largest absolute Gasteiger partial charge is 0.393 e. The second-order valence-corrected chi connectivity index (χ2v) is 6.84. The molecule has 1 rings (SSSR count). The zero-order chi connectivity index (χ0) is 12.9. The Bertz CT molecular complexity index is 303. The predicted molar refractivity (Wildman–Crippen MR) is 75.6 cm³/mol. The van der Waals surface area contributed by atoms with E-state index in [0.717, 1.165) is 25.9 Å². The van der Waals surface area contributed by atoms with Gasteiger partial charge in [-0.25, -0.2) is 0 Å². The van der Waals surface area contributed by atoms with E-state index in [-0.39, 0.29) is 11.5 Å². The summed E-state index contributed by atoms with van der Waals surface area (Å²) in [5.74, 6) is 0. The van der Waals surface area contributed by atoms with Crippen molar-refractivity contribution >= 4 is 11.3 Å². The van der Waals surface area contributed by atoms with Crippen LogP contribution < -0.4 is 0 Å². The molecule has 1 unspecified atom stereocenters. The first-order valence-electron chi connectivity index (χ1n) is 6.28. The number of aliphatic hydroxyl groups is 1. The molecule has 1 N–H and O–H groups in total. The van der Waals surface area contributed by atoms with Gasteiger partial charge in [0, 0.05) is 18.0 Å². The molecule has 2 nitrogen and oxygen atoms in total. The molecule has 0 aliphatic carbocycles. The number of hydrogen-bond acceptors (Lipinski definition) is 3. The smallest absolute Gasteiger partial charge is 0.0600 e. The van der Waals surface area contributed by atoms with E-state index < -0.39 is 0 Å². The highest BCUT2D eigenvalue weighted by Gasteiger charge is 2.21. The highest BCUT2D eigenvalue weighted by Crippen LogP contribution is 2.21. The summed E-state index contributed by atoms with van der Waals surface area (Å²) in [6.07, 6.45) is 1.75. The maximum Gasteiger partial charge on any atom is 0.0600 e. The molecule has 0 aliphatic rings. The Labute approximate surface area is 109 Å². The third-order valence-corrected chi connectivity index (χ3v) is 4.04. The van der Waals surface area contributed by atoms with Crippen LogP contribution in [0, 0.1) is 5.41 Å². The van der Waals surface area contributed by atoms with E-state index in [1.165, 1.54) is 4.88 Å². The van der Waals surface area contributed by atoms with Crippen molar-refractivity contribution in [3.05, 3.63) is 22.4 Å². The summed E-state index contributed by atoms with van der Waals surface area (Å²) in [5, 5.41) is 12.1. The molecule has 17 heavy (non-hydrogen) atoms. The molecule has 0 amide bonds. The van der Waals surface area contributed by atoms with Crippen LogP contribution in [0.5, 0.6) is 0 Å². The molecule has 1 aromatic rings. The van der Waals surface area contributed by atoms with Gasteiger partial charge >= 0.3 is 0 Å². The van der Waals surface area contributed by atoms with Crippen LogP contribution >= 0.6 is 11.3 Å². The van der Waals surface area contributed by atoms with Crippen molar-refractivity contribution in [3.63, 3.8) is 0 Å². The van der Waals surface area contributed by atoms with E-state index in [4.69, 9.17) is 0 Å². The molecule has 3 heteroatoms. The highest BCUT2D eigenvalue weighted by atomic mass is 32.1. The summed E-state index contributed by atoms with van der Waals surface area (Å²) in [7, 11) is 2.13. The number of thiophene rings is 1. The molecule has 0 bridgehead atoms. The molecular formula is C14H25NOS. The monoisotopic (exact) mass is 255 g/mol. The number of nitrogens with zero attached hydrogens (tertiary/aromatic N) is 1. The normalized spacial score (nSPS) is 14.2. The quantitative estimate of drug-likeness (QED) is 0.844. The Hall–Kier alpha value is -0.380. The van der Waals surface area contributed by atoms with Crippen LogP contribution in [0.4, 0.5) is 0 Å². The molecule has 0 saturated heterocycles. The Morgan fingerprint density at radius 3 is 2.59 bits per heavy atom. The molecule has 0 aliphatic heterocycles. The first-order valence-corrected chi connectivity index (χ1v) is 7.16. The average molecular weight is 255 g/mol. The fourth-order valence-electron chi connectivity index (χ4n) is 1.64.